The number of hydrogen-bond donors (Lipinski definition) is 1. The average Bonchev–Trinajstić information content (AvgIpc) is 3.19. The van der Waals surface area contributed by atoms with E-state index >= 15 is 0 Å². The summed E-state index contributed by atoms with van der Waals surface area (Å²) in [5.74, 6) is -0.378. The van der Waals surface area contributed by atoms with Gasteiger partial charge in [0.2, 0.25) is 0 Å². The molecule has 0 aliphatic rings. The molecule has 0 aliphatic carbocycles. The van der Waals surface area contributed by atoms with Crippen molar-refractivity contribution in [1.29, 1.82) is 0 Å². The quantitative estimate of drug-likeness (QED) is 0.543. The third kappa shape index (κ3) is 3.78. The van der Waals surface area contributed by atoms with Crippen molar-refractivity contribution < 1.29 is 9.50 Å². The average molecular weight is 395 g/mol. The van der Waals surface area contributed by atoms with Gasteiger partial charge in [-0.3, -0.25) is 14.6 Å². The van der Waals surface area contributed by atoms with Crippen molar-refractivity contribution in [2.24, 2.45) is 0 Å². The predicted molar refractivity (Wildman–Crippen MR) is 106 cm³/mol. The summed E-state index contributed by atoms with van der Waals surface area (Å²) in [6, 6.07) is 10.0. The molecule has 28 heavy (non-hydrogen) atoms. The molecule has 1 aromatic carbocycles. The van der Waals surface area contributed by atoms with Gasteiger partial charge in [-0.2, -0.15) is 5.10 Å². The number of benzene rings is 1. The first kappa shape index (κ1) is 18.3. The molecule has 0 saturated heterocycles. The Balaban J connectivity index is 1.71. The molecule has 0 spiro atoms. The number of nitrogens with zero attached hydrogens (tertiary/aromatic N) is 4. The van der Waals surface area contributed by atoms with E-state index in [1.165, 1.54) is 12.1 Å². The molecular weight excluding hydrogens is 379 g/mol. The lowest BCUT2D eigenvalue weighted by Crippen LogP contribution is -2.01. The van der Waals surface area contributed by atoms with Crippen LogP contribution in [0, 0.1) is 5.82 Å². The molecule has 5 nitrogen and oxygen atoms in total. The molecule has 1 N–H and O–H groups in total. The molecular formula is C21H16ClFN4O. The van der Waals surface area contributed by atoms with Gasteiger partial charge in [0.1, 0.15) is 5.82 Å². The van der Waals surface area contributed by atoms with Gasteiger partial charge < -0.3 is 5.11 Å². The monoisotopic (exact) mass is 394 g/mol. The molecule has 0 radical (unpaired) electrons. The van der Waals surface area contributed by atoms with Crippen LogP contribution in [-0.4, -0.2) is 31.5 Å². The predicted octanol–water partition coefficient (Wildman–Crippen LogP) is 4.46. The first-order valence-corrected chi connectivity index (χ1v) is 9.02. The highest BCUT2D eigenvalue weighted by atomic mass is 35.5. The SMILES string of the molecule is OCCn1cc(-c2cncc(-c3ccnc(-c4cc(Cl)ccc4F)c3)c2)cn1. The molecule has 0 amide bonds. The summed E-state index contributed by atoms with van der Waals surface area (Å²) in [6.45, 7) is 0.464. The summed E-state index contributed by atoms with van der Waals surface area (Å²) in [4.78, 5) is 8.61. The van der Waals surface area contributed by atoms with Crippen molar-refractivity contribution in [2.45, 2.75) is 6.54 Å². The Morgan fingerprint density at radius 3 is 2.61 bits per heavy atom. The van der Waals surface area contributed by atoms with Crippen LogP contribution in [0.3, 0.4) is 0 Å². The van der Waals surface area contributed by atoms with E-state index in [4.69, 9.17) is 16.7 Å². The molecule has 4 rings (SSSR count). The largest absolute Gasteiger partial charge is 0.394 e. The van der Waals surface area contributed by atoms with Crippen LogP contribution >= 0.6 is 11.6 Å². The van der Waals surface area contributed by atoms with Gasteiger partial charge in [0.15, 0.2) is 0 Å². The van der Waals surface area contributed by atoms with Crippen molar-refractivity contribution in [3.05, 3.63) is 78.2 Å². The van der Waals surface area contributed by atoms with Crippen molar-refractivity contribution in [3.63, 3.8) is 0 Å². The zero-order valence-corrected chi connectivity index (χ0v) is 15.5. The molecule has 0 fully saturated rings. The first-order valence-electron chi connectivity index (χ1n) is 8.64. The first-order chi connectivity index (χ1) is 13.6. The third-order valence-corrected chi connectivity index (χ3v) is 4.57. The highest BCUT2D eigenvalue weighted by molar-refractivity contribution is 6.30. The Hall–Kier alpha value is -3.09. The van der Waals surface area contributed by atoms with Crippen LogP contribution in [0.2, 0.25) is 5.02 Å². The topological polar surface area (TPSA) is 63.8 Å². The van der Waals surface area contributed by atoms with Gasteiger partial charge in [-0.25, -0.2) is 4.39 Å². The van der Waals surface area contributed by atoms with E-state index in [1.54, 1.807) is 35.5 Å². The minimum Gasteiger partial charge on any atom is -0.394 e. The lowest BCUT2D eigenvalue weighted by molar-refractivity contribution is 0.269. The fraction of sp³-hybridized carbons (Fsp3) is 0.0952. The Bertz CT molecular complexity index is 1130. The zero-order valence-electron chi connectivity index (χ0n) is 14.8. The molecule has 0 atom stereocenters. The lowest BCUT2D eigenvalue weighted by atomic mass is 10.0. The van der Waals surface area contributed by atoms with Gasteiger partial charge in [-0.05, 0) is 42.0 Å². The molecule has 4 aromatic rings. The van der Waals surface area contributed by atoms with Gasteiger partial charge in [-0.15, -0.1) is 0 Å². The molecule has 3 aromatic heterocycles. The Morgan fingerprint density at radius 2 is 1.79 bits per heavy atom. The number of hydrogen-bond acceptors (Lipinski definition) is 4. The molecule has 3 heterocycles. The normalized spacial score (nSPS) is 11.0. The second-order valence-electron chi connectivity index (χ2n) is 6.23. The van der Waals surface area contributed by atoms with Crippen LogP contribution in [0.25, 0.3) is 33.5 Å². The van der Waals surface area contributed by atoms with Crippen molar-refractivity contribution in [3.8, 4) is 33.5 Å². The standard InChI is InChI=1S/C21H16ClFN4O/c22-18-1-2-20(23)19(9-18)21-8-14(3-4-25-21)15-7-16(11-24-10-15)17-12-26-27(13-17)5-6-28/h1-4,7-13,28H,5-6H2. The summed E-state index contributed by atoms with van der Waals surface area (Å²) < 4.78 is 15.9. The van der Waals surface area contributed by atoms with E-state index < -0.39 is 0 Å². The minimum absolute atomic E-state index is 0.0270. The van der Waals surface area contributed by atoms with Crippen LogP contribution in [0.5, 0.6) is 0 Å². The van der Waals surface area contributed by atoms with Crippen LogP contribution < -0.4 is 0 Å². The molecule has 7 heteroatoms. The molecule has 0 bridgehead atoms. The Kier molecular flexibility index (Phi) is 5.14. The van der Waals surface area contributed by atoms with Crippen LogP contribution in [0.15, 0.2) is 67.4 Å². The van der Waals surface area contributed by atoms with Crippen LogP contribution in [-0.2, 0) is 6.54 Å². The number of aliphatic hydroxyl groups excluding tert-OH is 1. The summed E-state index contributed by atoms with van der Waals surface area (Å²) in [7, 11) is 0. The maximum atomic E-state index is 14.2. The number of aliphatic hydroxyl groups is 1. The lowest BCUT2D eigenvalue weighted by Gasteiger charge is -2.07. The second kappa shape index (κ2) is 7.88. The molecule has 140 valence electrons. The van der Waals surface area contributed by atoms with E-state index in [2.05, 4.69) is 15.1 Å². The third-order valence-electron chi connectivity index (χ3n) is 4.33. The molecule has 0 unspecified atom stereocenters. The zero-order chi connectivity index (χ0) is 19.5. The number of rotatable bonds is 5. The van der Waals surface area contributed by atoms with Crippen molar-refractivity contribution >= 4 is 11.6 Å². The summed E-state index contributed by atoms with van der Waals surface area (Å²) >= 11 is 6.01. The van der Waals surface area contributed by atoms with Gasteiger partial charge in [-0.1, -0.05) is 11.6 Å². The van der Waals surface area contributed by atoms with Crippen LogP contribution in [0.1, 0.15) is 0 Å². The van der Waals surface area contributed by atoms with E-state index in [-0.39, 0.29) is 12.4 Å². The summed E-state index contributed by atoms with van der Waals surface area (Å²) in [5, 5.41) is 13.7. The van der Waals surface area contributed by atoms with Gasteiger partial charge in [0.25, 0.3) is 0 Å². The van der Waals surface area contributed by atoms with E-state index in [9.17, 15) is 4.39 Å². The Labute approximate surface area is 166 Å². The van der Waals surface area contributed by atoms with Gasteiger partial charge in [0, 0.05) is 52.1 Å². The van der Waals surface area contributed by atoms with E-state index in [0.29, 0.717) is 22.8 Å². The fourth-order valence-electron chi connectivity index (χ4n) is 2.94. The van der Waals surface area contributed by atoms with Gasteiger partial charge in [0.05, 0.1) is 25.0 Å². The van der Waals surface area contributed by atoms with Crippen LogP contribution in [0.4, 0.5) is 4.39 Å². The number of aromatic nitrogens is 4. The highest BCUT2D eigenvalue weighted by Gasteiger charge is 2.10. The highest BCUT2D eigenvalue weighted by Crippen LogP contribution is 2.29. The second-order valence-corrected chi connectivity index (χ2v) is 6.67. The minimum atomic E-state index is -0.378. The van der Waals surface area contributed by atoms with Crippen molar-refractivity contribution in [1.82, 2.24) is 19.7 Å². The Morgan fingerprint density at radius 1 is 0.964 bits per heavy atom. The fourth-order valence-corrected chi connectivity index (χ4v) is 3.12. The number of halogens is 2. The van der Waals surface area contributed by atoms with E-state index in [1.807, 2.05) is 24.4 Å². The van der Waals surface area contributed by atoms with Gasteiger partial charge >= 0.3 is 0 Å². The molecule has 0 aliphatic heterocycles. The smallest absolute Gasteiger partial charge is 0.132 e. The number of pyridine rings is 2. The summed E-state index contributed by atoms with van der Waals surface area (Å²) in [6.07, 6.45) is 8.72. The summed E-state index contributed by atoms with van der Waals surface area (Å²) in [5.41, 5.74) is 4.38. The van der Waals surface area contributed by atoms with E-state index in [0.717, 1.165) is 22.3 Å². The maximum absolute atomic E-state index is 14.2. The maximum Gasteiger partial charge on any atom is 0.132 e. The van der Waals surface area contributed by atoms with Crippen molar-refractivity contribution in [2.75, 3.05) is 6.61 Å². The molecule has 0 saturated carbocycles.